The van der Waals surface area contributed by atoms with E-state index in [2.05, 4.69) is 34.5 Å². The molecule has 1 aromatic carbocycles. The zero-order valence-corrected chi connectivity index (χ0v) is 10.5. The third-order valence-corrected chi connectivity index (χ3v) is 4.11. The van der Waals surface area contributed by atoms with Crippen LogP contribution in [0.1, 0.15) is 37.7 Å². The van der Waals surface area contributed by atoms with E-state index in [0.29, 0.717) is 0 Å². The summed E-state index contributed by atoms with van der Waals surface area (Å²) in [4.78, 5) is 2.49. The van der Waals surface area contributed by atoms with Gasteiger partial charge < -0.3 is 10.2 Å². The van der Waals surface area contributed by atoms with E-state index in [1.807, 2.05) is 0 Å². The highest BCUT2D eigenvalue weighted by Crippen LogP contribution is 2.21. The standard InChI is InChI=1S/C15H22N2/c1-2-11-17(10-1)15-8-6-13(7-9-15)12-16-14-4-3-5-14/h6-9,14,16H,1-5,10-12H2. The Hall–Kier alpha value is -1.02. The fraction of sp³-hybridized carbons (Fsp3) is 0.600. The Morgan fingerprint density at radius 3 is 2.29 bits per heavy atom. The van der Waals surface area contributed by atoms with E-state index >= 15 is 0 Å². The van der Waals surface area contributed by atoms with Crippen molar-refractivity contribution >= 4 is 5.69 Å². The van der Waals surface area contributed by atoms with E-state index in [-0.39, 0.29) is 0 Å². The molecule has 0 radical (unpaired) electrons. The van der Waals surface area contributed by atoms with Gasteiger partial charge in [-0.2, -0.15) is 0 Å². The molecule has 0 spiro atoms. The fourth-order valence-corrected chi connectivity index (χ4v) is 2.67. The highest BCUT2D eigenvalue weighted by molar-refractivity contribution is 5.48. The van der Waals surface area contributed by atoms with Gasteiger partial charge in [0.15, 0.2) is 0 Å². The molecule has 0 atom stereocenters. The average molecular weight is 230 g/mol. The summed E-state index contributed by atoms with van der Waals surface area (Å²) in [7, 11) is 0. The van der Waals surface area contributed by atoms with E-state index in [1.165, 1.54) is 56.4 Å². The van der Waals surface area contributed by atoms with Crippen LogP contribution in [0.25, 0.3) is 0 Å². The Morgan fingerprint density at radius 2 is 1.71 bits per heavy atom. The number of nitrogens with zero attached hydrogens (tertiary/aromatic N) is 1. The van der Waals surface area contributed by atoms with Crippen LogP contribution < -0.4 is 10.2 Å². The lowest BCUT2D eigenvalue weighted by Crippen LogP contribution is -2.34. The summed E-state index contributed by atoms with van der Waals surface area (Å²) in [6, 6.07) is 9.90. The van der Waals surface area contributed by atoms with E-state index in [4.69, 9.17) is 0 Å². The van der Waals surface area contributed by atoms with Crippen molar-refractivity contribution in [2.45, 2.75) is 44.7 Å². The van der Waals surface area contributed by atoms with Gasteiger partial charge >= 0.3 is 0 Å². The Bertz CT molecular complexity index is 348. The van der Waals surface area contributed by atoms with Crippen molar-refractivity contribution in [1.82, 2.24) is 5.32 Å². The van der Waals surface area contributed by atoms with Crippen LogP contribution in [0.15, 0.2) is 24.3 Å². The summed E-state index contributed by atoms with van der Waals surface area (Å²) in [5, 5.41) is 3.61. The smallest absolute Gasteiger partial charge is 0.0366 e. The normalized spacial score (nSPS) is 20.6. The maximum atomic E-state index is 3.61. The first kappa shape index (κ1) is 11.1. The molecule has 0 aromatic heterocycles. The van der Waals surface area contributed by atoms with Crippen molar-refractivity contribution in [3.05, 3.63) is 29.8 Å². The Kier molecular flexibility index (Phi) is 3.32. The Labute approximate surface area is 104 Å². The van der Waals surface area contributed by atoms with Gasteiger partial charge in [0.25, 0.3) is 0 Å². The number of rotatable bonds is 4. The lowest BCUT2D eigenvalue weighted by molar-refractivity contribution is 0.338. The van der Waals surface area contributed by atoms with Gasteiger partial charge in [-0.05, 0) is 43.4 Å². The summed E-state index contributed by atoms with van der Waals surface area (Å²) in [6.45, 7) is 3.50. The van der Waals surface area contributed by atoms with Crippen LogP contribution in [0.5, 0.6) is 0 Å². The van der Waals surface area contributed by atoms with Crippen LogP contribution in [-0.2, 0) is 6.54 Å². The monoisotopic (exact) mass is 230 g/mol. The summed E-state index contributed by atoms with van der Waals surface area (Å²) >= 11 is 0. The third kappa shape index (κ3) is 2.63. The van der Waals surface area contributed by atoms with Gasteiger partial charge in [0, 0.05) is 31.4 Å². The van der Waals surface area contributed by atoms with E-state index in [0.717, 1.165) is 12.6 Å². The van der Waals surface area contributed by atoms with E-state index in [1.54, 1.807) is 0 Å². The second-order valence-corrected chi connectivity index (χ2v) is 5.37. The van der Waals surface area contributed by atoms with Crippen LogP contribution in [0.2, 0.25) is 0 Å². The number of benzene rings is 1. The fourth-order valence-electron chi connectivity index (χ4n) is 2.67. The first-order valence-electron chi connectivity index (χ1n) is 6.99. The minimum atomic E-state index is 0.785. The molecule has 0 unspecified atom stereocenters. The maximum absolute atomic E-state index is 3.61. The van der Waals surface area contributed by atoms with E-state index < -0.39 is 0 Å². The number of hydrogen-bond acceptors (Lipinski definition) is 2. The molecule has 17 heavy (non-hydrogen) atoms. The van der Waals surface area contributed by atoms with Gasteiger partial charge in [-0.25, -0.2) is 0 Å². The number of hydrogen-bond donors (Lipinski definition) is 1. The topological polar surface area (TPSA) is 15.3 Å². The van der Waals surface area contributed by atoms with Gasteiger partial charge in [-0.15, -0.1) is 0 Å². The predicted molar refractivity (Wildman–Crippen MR) is 72.4 cm³/mol. The lowest BCUT2D eigenvalue weighted by atomic mass is 9.93. The highest BCUT2D eigenvalue weighted by atomic mass is 15.1. The van der Waals surface area contributed by atoms with Gasteiger partial charge in [-0.3, -0.25) is 0 Å². The zero-order valence-electron chi connectivity index (χ0n) is 10.5. The zero-order chi connectivity index (χ0) is 11.5. The molecule has 2 nitrogen and oxygen atoms in total. The quantitative estimate of drug-likeness (QED) is 0.855. The van der Waals surface area contributed by atoms with Crippen molar-refractivity contribution < 1.29 is 0 Å². The van der Waals surface area contributed by atoms with Crippen LogP contribution in [0.4, 0.5) is 5.69 Å². The Morgan fingerprint density at radius 1 is 1.00 bits per heavy atom. The number of anilines is 1. The summed E-state index contributed by atoms with van der Waals surface area (Å²) in [5.41, 5.74) is 2.81. The second-order valence-electron chi connectivity index (χ2n) is 5.37. The first-order valence-corrected chi connectivity index (χ1v) is 6.99. The maximum Gasteiger partial charge on any atom is 0.0366 e. The summed E-state index contributed by atoms with van der Waals surface area (Å²) < 4.78 is 0. The average Bonchev–Trinajstić information content (AvgIpc) is 2.81. The molecule has 1 saturated carbocycles. The molecule has 0 amide bonds. The van der Waals surface area contributed by atoms with Crippen molar-refractivity contribution in [1.29, 1.82) is 0 Å². The molecule has 1 saturated heterocycles. The molecular formula is C15H22N2. The van der Waals surface area contributed by atoms with Gasteiger partial charge in [0.1, 0.15) is 0 Å². The molecule has 1 aliphatic carbocycles. The molecule has 1 aromatic rings. The molecule has 0 bridgehead atoms. The molecule has 2 aliphatic rings. The number of nitrogens with one attached hydrogen (secondary N) is 1. The largest absolute Gasteiger partial charge is 0.372 e. The molecule has 1 heterocycles. The van der Waals surface area contributed by atoms with Gasteiger partial charge in [0.2, 0.25) is 0 Å². The molecule has 2 fully saturated rings. The third-order valence-electron chi connectivity index (χ3n) is 4.11. The molecule has 1 N–H and O–H groups in total. The molecular weight excluding hydrogens is 208 g/mol. The van der Waals surface area contributed by atoms with Gasteiger partial charge in [-0.1, -0.05) is 18.6 Å². The minimum Gasteiger partial charge on any atom is -0.372 e. The van der Waals surface area contributed by atoms with Crippen LogP contribution >= 0.6 is 0 Å². The SMILES string of the molecule is c1cc(N2CCCC2)ccc1CNC1CCC1. The van der Waals surface area contributed by atoms with Crippen LogP contribution in [-0.4, -0.2) is 19.1 Å². The van der Waals surface area contributed by atoms with Gasteiger partial charge in [0.05, 0.1) is 0 Å². The van der Waals surface area contributed by atoms with Crippen molar-refractivity contribution in [2.75, 3.05) is 18.0 Å². The Balaban J connectivity index is 1.55. The van der Waals surface area contributed by atoms with Crippen molar-refractivity contribution in [2.24, 2.45) is 0 Å². The van der Waals surface area contributed by atoms with Crippen molar-refractivity contribution in [3.63, 3.8) is 0 Å². The molecule has 3 rings (SSSR count). The molecule has 2 heteroatoms. The highest BCUT2D eigenvalue weighted by Gasteiger charge is 2.16. The van der Waals surface area contributed by atoms with Crippen LogP contribution in [0.3, 0.4) is 0 Å². The summed E-state index contributed by atoms with van der Waals surface area (Å²) in [5.74, 6) is 0. The summed E-state index contributed by atoms with van der Waals surface area (Å²) in [6.07, 6.45) is 6.85. The molecule has 92 valence electrons. The molecule has 1 aliphatic heterocycles. The first-order chi connectivity index (χ1) is 8.42. The second kappa shape index (κ2) is 5.09. The van der Waals surface area contributed by atoms with E-state index in [9.17, 15) is 0 Å². The predicted octanol–water partition coefficient (Wildman–Crippen LogP) is 2.93. The van der Waals surface area contributed by atoms with Crippen molar-refractivity contribution in [3.8, 4) is 0 Å². The minimum absolute atomic E-state index is 0.785. The van der Waals surface area contributed by atoms with Crippen LogP contribution in [0, 0.1) is 0 Å². The lowest BCUT2D eigenvalue weighted by Gasteiger charge is -2.26.